The molecule has 0 saturated carbocycles. The Morgan fingerprint density at radius 2 is 1.89 bits per heavy atom. The Kier molecular flexibility index (Phi) is 7.14. The van der Waals surface area contributed by atoms with Crippen molar-refractivity contribution in [2.24, 2.45) is 10.9 Å². The molecule has 0 aliphatic carbocycles. The highest BCUT2D eigenvalue weighted by Gasteiger charge is 2.36. The Bertz CT molecular complexity index is 1360. The predicted molar refractivity (Wildman–Crippen MR) is 141 cm³/mol. The Morgan fingerprint density at radius 3 is 2.62 bits per heavy atom. The number of fused-ring (bicyclic) bond motifs is 1. The van der Waals surface area contributed by atoms with Crippen molar-refractivity contribution in [2.45, 2.75) is 32.7 Å². The minimum atomic E-state index is -0.642. The number of piperidine rings is 1. The Hall–Kier alpha value is -3.85. The number of ether oxygens (including phenoxy) is 1. The van der Waals surface area contributed by atoms with E-state index in [1.54, 1.807) is 17.9 Å². The molecule has 9 nitrogen and oxygen atoms in total. The van der Waals surface area contributed by atoms with Gasteiger partial charge in [-0.3, -0.25) is 14.9 Å². The number of benzene rings is 2. The van der Waals surface area contributed by atoms with Crippen molar-refractivity contribution in [2.75, 3.05) is 25.0 Å². The molecule has 192 valence electrons. The van der Waals surface area contributed by atoms with Crippen molar-refractivity contribution in [3.05, 3.63) is 70.4 Å². The third kappa shape index (κ3) is 5.17. The van der Waals surface area contributed by atoms with Gasteiger partial charge in [-0.15, -0.1) is 0 Å². The zero-order valence-corrected chi connectivity index (χ0v) is 21.4. The summed E-state index contributed by atoms with van der Waals surface area (Å²) in [6, 6.07) is 14.5. The molecular formula is C27H28ClN5O4. The number of halogens is 1. The van der Waals surface area contributed by atoms with Gasteiger partial charge in [0.05, 0.1) is 18.1 Å². The lowest BCUT2D eigenvalue weighted by atomic mass is 9.92. The van der Waals surface area contributed by atoms with Crippen LogP contribution < -0.4 is 10.6 Å². The second kappa shape index (κ2) is 10.6. The summed E-state index contributed by atoms with van der Waals surface area (Å²) in [6.45, 7) is 4.92. The number of hydrogen-bond donors (Lipinski definition) is 2. The molecule has 2 aromatic carbocycles. The van der Waals surface area contributed by atoms with Crippen molar-refractivity contribution < 1.29 is 18.7 Å². The molecule has 2 aliphatic heterocycles. The zero-order chi connectivity index (χ0) is 25.9. The molecule has 0 bridgehead atoms. The summed E-state index contributed by atoms with van der Waals surface area (Å²) < 4.78 is 11.0. The van der Waals surface area contributed by atoms with Gasteiger partial charge in [0.2, 0.25) is 5.96 Å². The van der Waals surface area contributed by atoms with Gasteiger partial charge in [0.1, 0.15) is 11.6 Å². The second-order valence-electron chi connectivity index (χ2n) is 9.00. The summed E-state index contributed by atoms with van der Waals surface area (Å²) >= 11 is 6.57. The minimum Gasteiger partial charge on any atom is -0.466 e. The van der Waals surface area contributed by atoms with Gasteiger partial charge in [0.25, 0.3) is 5.91 Å². The van der Waals surface area contributed by atoms with Crippen LogP contribution in [0.4, 0.5) is 6.01 Å². The number of esters is 1. The molecule has 0 radical (unpaired) electrons. The normalized spacial score (nSPS) is 18.4. The maximum atomic E-state index is 13.8. The fourth-order valence-corrected chi connectivity index (χ4v) is 4.95. The molecule has 1 fully saturated rings. The van der Waals surface area contributed by atoms with Crippen LogP contribution in [0, 0.1) is 5.92 Å². The molecule has 2 N–H and O–H groups in total. The first-order valence-corrected chi connectivity index (χ1v) is 12.7. The van der Waals surface area contributed by atoms with Gasteiger partial charge >= 0.3 is 12.0 Å². The van der Waals surface area contributed by atoms with Crippen LogP contribution in [0.1, 0.15) is 38.3 Å². The van der Waals surface area contributed by atoms with Crippen LogP contribution in [0.15, 0.2) is 69.2 Å². The highest BCUT2D eigenvalue weighted by molar-refractivity contribution is 6.31. The highest BCUT2D eigenvalue weighted by atomic mass is 35.5. The van der Waals surface area contributed by atoms with Crippen molar-refractivity contribution in [1.29, 1.82) is 0 Å². The van der Waals surface area contributed by atoms with Crippen molar-refractivity contribution >= 4 is 46.6 Å². The van der Waals surface area contributed by atoms with E-state index in [9.17, 15) is 9.59 Å². The number of rotatable bonds is 5. The molecule has 10 heteroatoms. The molecule has 0 spiro atoms. The van der Waals surface area contributed by atoms with Gasteiger partial charge < -0.3 is 19.4 Å². The van der Waals surface area contributed by atoms with E-state index in [2.05, 4.69) is 15.6 Å². The number of oxazole rings is 1. The number of nitrogens with one attached hydrogen (secondary N) is 2. The van der Waals surface area contributed by atoms with Crippen molar-refractivity contribution in [3.63, 3.8) is 0 Å². The summed E-state index contributed by atoms with van der Waals surface area (Å²) in [4.78, 5) is 37.0. The van der Waals surface area contributed by atoms with Crippen molar-refractivity contribution in [1.82, 2.24) is 15.2 Å². The van der Waals surface area contributed by atoms with Gasteiger partial charge in [-0.1, -0.05) is 41.9 Å². The average Bonchev–Trinajstić information content (AvgIpc) is 3.31. The largest absolute Gasteiger partial charge is 0.466 e. The van der Waals surface area contributed by atoms with Gasteiger partial charge in [-0.25, -0.2) is 4.99 Å². The molecule has 1 amide bonds. The van der Waals surface area contributed by atoms with E-state index in [-0.39, 0.29) is 23.8 Å². The number of para-hydroxylation sites is 2. The molecule has 1 unspecified atom stereocenters. The molecule has 1 atom stereocenters. The topological polar surface area (TPSA) is 109 Å². The first-order chi connectivity index (χ1) is 17.9. The third-order valence-corrected chi connectivity index (χ3v) is 6.94. The number of likely N-dealkylation sites (tertiary alicyclic amines) is 1. The number of nitrogens with zero attached hydrogens (tertiary/aromatic N) is 3. The average molecular weight is 522 g/mol. The number of carbonyl (C=O) groups is 2. The molecule has 3 aromatic rings. The van der Waals surface area contributed by atoms with Crippen molar-refractivity contribution in [3.8, 4) is 0 Å². The first kappa shape index (κ1) is 24.8. The molecule has 1 saturated heterocycles. The van der Waals surface area contributed by atoms with Gasteiger partial charge in [0, 0.05) is 29.4 Å². The fraction of sp³-hybridized carbons (Fsp3) is 0.333. The van der Waals surface area contributed by atoms with Gasteiger partial charge in [-0.2, -0.15) is 4.98 Å². The number of aromatic nitrogens is 1. The number of anilines is 1. The lowest BCUT2D eigenvalue weighted by molar-refractivity contribution is -0.150. The van der Waals surface area contributed by atoms with Crippen LogP contribution in [-0.4, -0.2) is 47.4 Å². The van der Waals surface area contributed by atoms with Crippen LogP contribution in [0.3, 0.4) is 0 Å². The standard InChI is InChI=1S/C27H28ClN5O4/c1-3-36-25(35)17-12-14-33(15-13-17)24(34)22-16(2)29-26(31-23(22)18-8-4-5-9-19(18)28)32-27-30-20-10-6-7-11-21(20)37-27/h4-11,17,23H,3,12-15H2,1-2H3,(H2,29,30,31,32). The maximum absolute atomic E-state index is 13.8. The molecule has 3 heterocycles. The van der Waals surface area contributed by atoms with E-state index in [1.807, 2.05) is 49.4 Å². The number of carbonyl (C=O) groups excluding carboxylic acids is 2. The Labute approximate surface area is 219 Å². The molecule has 37 heavy (non-hydrogen) atoms. The summed E-state index contributed by atoms with van der Waals surface area (Å²) in [6.07, 6.45) is 1.13. The molecule has 2 aliphatic rings. The quantitative estimate of drug-likeness (QED) is 0.469. The smallest absolute Gasteiger partial charge is 0.309 e. The number of amides is 1. The molecule has 1 aromatic heterocycles. The van der Waals surface area contributed by atoms with E-state index in [0.29, 0.717) is 65.9 Å². The Morgan fingerprint density at radius 1 is 1.16 bits per heavy atom. The number of aliphatic imine (C=N–C) groups is 1. The van der Waals surface area contributed by atoms with E-state index in [1.165, 1.54) is 0 Å². The van der Waals surface area contributed by atoms with Crippen LogP contribution in [0.5, 0.6) is 0 Å². The number of guanidine groups is 1. The number of hydrogen-bond acceptors (Lipinski definition) is 8. The van der Waals surface area contributed by atoms with E-state index >= 15 is 0 Å². The minimum absolute atomic E-state index is 0.137. The predicted octanol–water partition coefficient (Wildman–Crippen LogP) is 4.67. The van der Waals surface area contributed by atoms with Gasteiger partial charge in [-0.05, 0) is 44.9 Å². The SMILES string of the molecule is CCOC(=O)C1CCN(C(=O)C2=C(C)NC(Nc3nc4ccccc4o3)=NC2c2ccccc2Cl)CC1. The lowest BCUT2D eigenvalue weighted by Crippen LogP contribution is -2.44. The first-order valence-electron chi connectivity index (χ1n) is 12.3. The Balaban J connectivity index is 1.41. The van der Waals surface area contributed by atoms with E-state index < -0.39 is 6.04 Å². The fourth-order valence-electron chi connectivity index (χ4n) is 4.71. The summed E-state index contributed by atoms with van der Waals surface area (Å²) in [5.41, 5.74) is 3.24. The summed E-state index contributed by atoms with van der Waals surface area (Å²) in [5.74, 6) is -0.126. The summed E-state index contributed by atoms with van der Waals surface area (Å²) in [5, 5.41) is 6.81. The lowest BCUT2D eigenvalue weighted by Gasteiger charge is -2.34. The molecule has 5 rings (SSSR count). The second-order valence-corrected chi connectivity index (χ2v) is 9.40. The van der Waals surface area contributed by atoms with E-state index in [4.69, 9.17) is 25.7 Å². The maximum Gasteiger partial charge on any atom is 0.309 e. The monoisotopic (exact) mass is 521 g/mol. The van der Waals surface area contributed by atoms with Crippen LogP contribution in [0.2, 0.25) is 5.02 Å². The van der Waals surface area contributed by atoms with Crippen LogP contribution >= 0.6 is 11.6 Å². The third-order valence-electron chi connectivity index (χ3n) is 6.59. The van der Waals surface area contributed by atoms with Gasteiger partial charge in [0.15, 0.2) is 5.58 Å². The highest BCUT2D eigenvalue weighted by Crippen LogP contribution is 2.36. The molecular weight excluding hydrogens is 494 g/mol. The van der Waals surface area contributed by atoms with Crippen LogP contribution in [-0.2, 0) is 14.3 Å². The van der Waals surface area contributed by atoms with Crippen LogP contribution in [0.25, 0.3) is 11.1 Å². The zero-order valence-electron chi connectivity index (χ0n) is 20.7. The van der Waals surface area contributed by atoms with E-state index in [0.717, 1.165) is 5.52 Å². The summed E-state index contributed by atoms with van der Waals surface area (Å²) in [7, 11) is 0. The number of allylic oxidation sites excluding steroid dienone is 1.